The maximum atomic E-state index is 12.7. The maximum Gasteiger partial charge on any atom is 0.573 e. The molecule has 1 aromatic heterocycles. The number of hydrogen-bond acceptors (Lipinski definition) is 8. The summed E-state index contributed by atoms with van der Waals surface area (Å²) in [5, 5.41) is 2.21. The van der Waals surface area contributed by atoms with Crippen molar-refractivity contribution < 1.29 is 27.4 Å². The number of nitrogens with one attached hydrogen (secondary N) is 1. The van der Waals surface area contributed by atoms with Gasteiger partial charge in [-0.05, 0) is 36.9 Å². The number of alkyl halides is 3. The number of carbonyl (C=O) groups is 1. The molecule has 0 unspecified atom stereocenters. The predicted molar refractivity (Wildman–Crippen MR) is 142 cm³/mol. The summed E-state index contributed by atoms with van der Waals surface area (Å²) in [6.45, 7) is 5.62. The van der Waals surface area contributed by atoms with Crippen LogP contribution in [0, 0.1) is 0 Å². The average Bonchev–Trinajstić information content (AvgIpc) is 3.22. The number of hydrazine groups is 1. The van der Waals surface area contributed by atoms with E-state index in [1.807, 2.05) is 0 Å². The monoisotopic (exact) mass is 566 g/mol. The van der Waals surface area contributed by atoms with Gasteiger partial charge in [-0.3, -0.25) is 19.3 Å². The van der Waals surface area contributed by atoms with Crippen LogP contribution in [0.25, 0.3) is 0 Å². The Morgan fingerprint density at radius 1 is 1.10 bits per heavy atom. The second-order valence-electron chi connectivity index (χ2n) is 9.17. The lowest BCUT2D eigenvalue weighted by atomic mass is 10.2. The molecule has 0 bridgehead atoms. The first-order valence-electron chi connectivity index (χ1n) is 12.3. The summed E-state index contributed by atoms with van der Waals surface area (Å²) in [6, 6.07) is 12.2. The summed E-state index contributed by atoms with van der Waals surface area (Å²) >= 11 is 6.02. The number of ether oxygens (including phenoxy) is 2. The van der Waals surface area contributed by atoms with Gasteiger partial charge >= 0.3 is 12.4 Å². The first-order valence-corrected chi connectivity index (χ1v) is 12.7. The molecule has 0 amide bonds. The van der Waals surface area contributed by atoms with Crippen molar-refractivity contribution in [3.8, 4) is 17.5 Å². The Hall–Kier alpha value is -3.32. The Morgan fingerprint density at radius 3 is 2.46 bits per heavy atom. The van der Waals surface area contributed by atoms with Crippen molar-refractivity contribution in [2.75, 3.05) is 58.4 Å². The lowest BCUT2D eigenvalue weighted by Gasteiger charge is -2.32. The zero-order valence-electron chi connectivity index (χ0n) is 21.6. The second kappa shape index (κ2) is 12.7. The number of halogens is 4. The minimum atomic E-state index is -4.85. The van der Waals surface area contributed by atoms with E-state index in [-0.39, 0.29) is 24.0 Å². The molecule has 4 rings (SSSR count). The number of benzene rings is 2. The van der Waals surface area contributed by atoms with Gasteiger partial charge in [0.1, 0.15) is 17.2 Å². The fourth-order valence-electron chi connectivity index (χ4n) is 4.16. The molecule has 0 radical (unpaired) electrons. The number of imidazole rings is 1. The molecule has 0 atom stereocenters. The van der Waals surface area contributed by atoms with Crippen molar-refractivity contribution in [3.63, 3.8) is 0 Å². The Morgan fingerprint density at radius 2 is 1.79 bits per heavy atom. The third kappa shape index (κ3) is 8.09. The number of hydrogen-bond donors (Lipinski definition) is 1. The summed E-state index contributed by atoms with van der Waals surface area (Å²) in [7, 11) is 3.84. The van der Waals surface area contributed by atoms with Crippen molar-refractivity contribution in [1.82, 2.24) is 24.8 Å². The van der Waals surface area contributed by atoms with E-state index < -0.39 is 12.1 Å². The molecule has 2 heterocycles. The number of piperazine rings is 1. The van der Waals surface area contributed by atoms with E-state index in [2.05, 4.69) is 32.0 Å². The zero-order chi connectivity index (χ0) is 28.0. The number of aromatic nitrogens is 2. The molecule has 0 spiro atoms. The van der Waals surface area contributed by atoms with Crippen LogP contribution in [0.4, 0.5) is 19.0 Å². The summed E-state index contributed by atoms with van der Waals surface area (Å²) in [4.78, 5) is 21.4. The Kier molecular flexibility index (Phi) is 9.33. The normalized spacial score (nSPS) is 14.8. The average molecular weight is 567 g/mol. The van der Waals surface area contributed by atoms with Crippen LogP contribution in [-0.4, -0.2) is 85.4 Å². The van der Waals surface area contributed by atoms with Crippen molar-refractivity contribution >= 4 is 23.7 Å². The van der Waals surface area contributed by atoms with Gasteiger partial charge in [0.05, 0.1) is 6.54 Å². The van der Waals surface area contributed by atoms with Crippen LogP contribution < -0.4 is 19.9 Å². The Labute approximate surface area is 229 Å². The smallest absolute Gasteiger partial charge is 0.425 e. The minimum Gasteiger partial charge on any atom is -0.425 e. The molecule has 1 fully saturated rings. The maximum absolute atomic E-state index is 12.7. The molecule has 1 aliphatic rings. The van der Waals surface area contributed by atoms with Gasteiger partial charge in [-0.2, -0.15) is 4.98 Å². The number of anilines is 1. The molecular formula is C26H30ClF3N6O3. The molecule has 13 heteroatoms. The van der Waals surface area contributed by atoms with Crippen LogP contribution in [0.5, 0.6) is 17.5 Å². The molecular weight excluding hydrogens is 537 g/mol. The van der Waals surface area contributed by atoms with E-state index in [0.717, 1.165) is 44.4 Å². The van der Waals surface area contributed by atoms with E-state index >= 15 is 0 Å². The van der Waals surface area contributed by atoms with E-state index in [1.54, 1.807) is 40.9 Å². The number of nitrogens with zero attached hydrogens (tertiary/aromatic N) is 5. The highest BCUT2D eigenvalue weighted by atomic mass is 35.5. The van der Waals surface area contributed by atoms with Gasteiger partial charge in [-0.15, -0.1) is 13.2 Å². The van der Waals surface area contributed by atoms with Crippen molar-refractivity contribution in [1.29, 1.82) is 0 Å². The van der Waals surface area contributed by atoms with Gasteiger partial charge in [-0.25, -0.2) is 5.43 Å². The van der Waals surface area contributed by atoms with E-state index in [0.29, 0.717) is 23.7 Å². The molecule has 39 heavy (non-hydrogen) atoms. The largest absolute Gasteiger partial charge is 0.573 e. The SMILES string of the molecule is CN1CCN(CCNN(C)c2nc(Oc3cccc(OC(F)(F)F)c3)n(Cc3ccc(Cl)cc3)c2C=O)CC1. The molecule has 3 aromatic rings. The lowest BCUT2D eigenvalue weighted by Crippen LogP contribution is -2.48. The molecule has 0 aliphatic carbocycles. The summed E-state index contributed by atoms with van der Waals surface area (Å²) in [5.41, 5.74) is 4.32. The topological polar surface area (TPSA) is 75.1 Å². The van der Waals surface area contributed by atoms with E-state index in [4.69, 9.17) is 16.3 Å². The lowest BCUT2D eigenvalue weighted by molar-refractivity contribution is -0.274. The summed E-state index contributed by atoms with van der Waals surface area (Å²) in [6.07, 6.45) is -4.17. The van der Waals surface area contributed by atoms with Crippen LogP contribution in [0.2, 0.25) is 5.02 Å². The minimum absolute atomic E-state index is 0.0268. The van der Waals surface area contributed by atoms with Gasteiger partial charge in [0.2, 0.25) is 0 Å². The molecule has 2 aromatic carbocycles. The number of rotatable bonds is 11. The van der Waals surface area contributed by atoms with Gasteiger partial charge in [0, 0.05) is 57.4 Å². The highest BCUT2D eigenvalue weighted by molar-refractivity contribution is 6.30. The molecule has 1 aliphatic heterocycles. The van der Waals surface area contributed by atoms with E-state index in [9.17, 15) is 18.0 Å². The number of carbonyl (C=O) groups excluding carboxylic acids is 1. The van der Waals surface area contributed by atoms with Gasteiger partial charge in [0.15, 0.2) is 12.1 Å². The fraction of sp³-hybridized carbons (Fsp3) is 0.385. The molecule has 0 saturated carbocycles. The fourth-order valence-corrected chi connectivity index (χ4v) is 4.29. The highest BCUT2D eigenvalue weighted by Gasteiger charge is 2.31. The molecule has 1 N–H and O–H groups in total. The van der Waals surface area contributed by atoms with Crippen LogP contribution in [0.3, 0.4) is 0 Å². The van der Waals surface area contributed by atoms with Crippen LogP contribution in [-0.2, 0) is 6.54 Å². The Balaban J connectivity index is 1.57. The molecule has 210 valence electrons. The second-order valence-corrected chi connectivity index (χ2v) is 9.61. The van der Waals surface area contributed by atoms with Gasteiger partial charge in [0.25, 0.3) is 0 Å². The van der Waals surface area contributed by atoms with E-state index in [1.165, 1.54) is 18.2 Å². The molecule has 9 nitrogen and oxygen atoms in total. The van der Waals surface area contributed by atoms with Crippen LogP contribution in [0.15, 0.2) is 48.5 Å². The standard InChI is InChI=1S/C26H30ClF3N6O3/c1-33-12-14-35(15-13-33)11-10-31-34(2)24-23(18-37)36(17-19-6-8-20(27)9-7-19)25(32-24)38-21-4-3-5-22(16-21)39-26(28,29)30/h3-9,16,18,31H,10-15,17H2,1-2H3. The highest BCUT2D eigenvalue weighted by Crippen LogP contribution is 2.31. The van der Waals surface area contributed by atoms with Crippen molar-refractivity contribution in [3.05, 3.63) is 64.8 Å². The Bertz CT molecular complexity index is 1250. The number of likely N-dealkylation sites (N-methyl/N-ethyl adjacent to an activating group) is 1. The zero-order valence-corrected chi connectivity index (χ0v) is 22.4. The summed E-state index contributed by atoms with van der Waals surface area (Å²) < 4.78 is 49.6. The first kappa shape index (κ1) is 28.7. The third-order valence-corrected chi connectivity index (χ3v) is 6.51. The van der Waals surface area contributed by atoms with Gasteiger partial charge < -0.3 is 14.4 Å². The van der Waals surface area contributed by atoms with Crippen molar-refractivity contribution in [2.24, 2.45) is 0 Å². The molecule has 1 saturated heterocycles. The first-order chi connectivity index (χ1) is 18.6. The third-order valence-electron chi connectivity index (χ3n) is 6.26. The quantitative estimate of drug-likeness (QED) is 0.272. The van der Waals surface area contributed by atoms with Crippen molar-refractivity contribution in [2.45, 2.75) is 12.9 Å². The van der Waals surface area contributed by atoms with Crippen LogP contribution >= 0.6 is 11.6 Å². The van der Waals surface area contributed by atoms with Crippen LogP contribution in [0.1, 0.15) is 16.1 Å². The summed E-state index contributed by atoms with van der Waals surface area (Å²) in [5.74, 6) is -0.0573. The predicted octanol–water partition coefficient (Wildman–Crippen LogP) is 4.28. The van der Waals surface area contributed by atoms with Gasteiger partial charge in [-0.1, -0.05) is 29.8 Å². The number of aldehydes is 1.